The van der Waals surface area contributed by atoms with Crippen LogP contribution in [0.25, 0.3) is 0 Å². The summed E-state index contributed by atoms with van der Waals surface area (Å²) < 4.78 is 11.1. The highest BCUT2D eigenvalue weighted by Gasteiger charge is 2.45. The van der Waals surface area contributed by atoms with Crippen molar-refractivity contribution in [1.29, 1.82) is 0 Å². The second-order valence-electron chi connectivity index (χ2n) is 14.3. The molecule has 264 valence electrons. The Kier molecular flexibility index (Phi) is 13.6. The van der Waals surface area contributed by atoms with Crippen LogP contribution in [0.15, 0.2) is 54.6 Å². The smallest absolute Gasteiger partial charge is 0.408 e. The molecule has 3 atom stereocenters. The lowest BCUT2D eigenvalue weighted by Gasteiger charge is -2.45. The fraction of sp³-hybridized carbons (Fsp3) is 0.528. The van der Waals surface area contributed by atoms with Gasteiger partial charge in [0.15, 0.2) is 0 Å². The molecular formula is C36H52N4O8. The number of hydrogen-bond acceptors (Lipinski definition) is 8. The molecule has 0 aromatic heterocycles. The van der Waals surface area contributed by atoms with E-state index in [2.05, 4.69) is 10.6 Å². The summed E-state index contributed by atoms with van der Waals surface area (Å²) in [5.74, 6) is -3.16. The third kappa shape index (κ3) is 12.2. The predicted octanol–water partition coefficient (Wildman–Crippen LogP) is 4.68. The highest BCUT2D eigenvalue weighted by molar-refractivity contribution is 5.95. The van der Waals surface area contributed by atoms with Gasteiger partial charge in [0.1, 0.15) is 35.1 Å². The summed E-state index contributed by atoms with van der Waals surface area (Å²) in [6.45, 7) is 15.4. The summed E-state index contributed by atoms with van der Waals surface area (Å²) in [5.41, 5.74) is 3.44. The molecule has 2 aromatic rings. The van der Waals surface area contributed by atoms with Gasteiger partial charge < -0.3 is 35.8 Å². The summed E-state index contributed by atoms with van der Waals surface area (Å²) >= 11 is 0. The highest BCUT2D eigenvalue weighted by Crippen LogP contribution is 2.36. The van der Waals surface area contributed by atoms with Gasteiger partial charge in [0.2, 0.25) is 17.7 Å². The first-order chi connectivity index (χ1) is 22.1. The van der Waals surface area contributed by atoms with E-state index in [1.165, 1.54) is 17.0 Å². The maximum absolute atomic E-state index is 14.6. The van der Waals surface area contributed by atoms with Gasteiger partial charge in [-0.05, 0) is 79.9 Å². The van der Waals surface area contributed by atoms with Gasteiger partial charge in [0.05, 0.1) is 0 Å². The van der Waals surface area contributed by atoms with Gasteiger partial charge in [-0.3, -0.25) is 14.4 Å². The van der Waals surface area contributed by atoms with E-state index in [1.54, 1.807) is 67.5 Å². The summed E-state index contributed by atoms with van der Waals surface area (Å²) in [6, 6.07) is 11.1. The van der Waals surface area contributed by atoms with E-state index in [0.29, 0.717) is 6.42 Å². The molecule has 4 amide bonds. The third-order valence-electron chi connectivity index (χ3n) is 7.45. The quantitative estimate of drug-likeness (QED) is 0.210. The van der Waals surface area contributed by atoms with Gasteiger partial charge in [-0.15, -0.1) is 0 Å². The molecule has 48 heavy (non-hydrogen) atoms. The van der Waals surface area contributed by atoms with Gasteiger partial charge >= 0.3 is 12.1 Å². The molecule has 0 heterocycles. The molecule has 2 rings (SSSR count). The zero-order chi connectivity index (χ0) is 36.4. The summed E-state index contributed by atoms with van der Waals surface area (Å²) in [5, 5.41) is 16.4. The number of hydrogen-bond donors (Lipinski definition) is 4. The summed E-state index contributed by atoms with van der Waals surface area (Å²) in [6.07, 6.45) is -0.923. The molecule has 0 spiro atoms. The number of para-hydroxylation sites is 1. The van der Waals surface area contributed by atoms with Gasteiger partial charge in [-0.1, -0.05) is 55.5 Å². The van der Waals surface area contributed by atoms with Crippen LogP contribution in [-0.4, -0.2) is 68.6 Å². The number of benzene rings is 2. The first-order valence-corrected chi connectivity index (χ1v) is 16.1. The van der Waals surface area contributed by atoms with Crippen LogP contribution in [0.3, 0.4) is 0 Å². The lowest BCUT2D eigenvalue weighted by Crippen LogP contribution is -2.60. The minimum absolute atomic E-state index is 0.0819. The number of esters is 1. The number of nitrogens with zero attached hydrogens (tertiary/aromatic N) is 1. The van der Waals surface area contributed by atoms with Crippen molar-refractivity contribution in [3.8, 4) is 5.75 Å². The van der Waals surface area contributed by atoms with Crippen LogP contribution in [0.2, 0.25) is 0 Å². The van der Waals surface area contributed by atoms with E-state index >= 15 is 0 Å². The maximum atomic E-state index is 14.6. The van der Waals surface area contributed by atoms with E-state index in [-0.39, 0.29) is 30.6 Å². The summed E-state index contributed by atoms with van der Waals surface area (Å²) in [7, 11) is 0. The van der Waals surface area contributed by atoms with Crippen LogP contribution in [0.5, 0.6) is 5.75 Å². The highest BCUT2D eigenvalue weighted by atomic mass is 16.6. The number of nitrogens with two attached hydrogens (primary N) is 1. The van der Waals surface area contributed by atoms with Crippen LogP contribution < -0.4 is 16.4 Å². The van der Waals surface area contributed by atoms with Crippen LogP contribution >= 0.6 is 0 Å². The average molecular weight is 669 g/mol. The number of primary amides is 1. The Morgan fingerprint density at radius 3 is 1.90 bits per heavy atom. The fourth-order valence-electron chi connectivity index (χ4n) is 4.89. The number of alkyl carbamates (subject to hydrolysis) is 1. The van der Waals surface area contributed by atoms with E-state index in [0.717, 1.165) is 5.56 Å². The van der Waals surface area contributed by atoms with Gasteiger partial charge in [-0.2, -0.15) is 0 Å². The molecular weight excluding hydrogens is 616 g/mol. The van der Waals surface area contributed by atoms with Crippen molar-refractivity contribution in [2.24, 2.45) is 5.73 Å². The van der Waals surface area contributed by atoms with Crippen LogP contribution in [0.1, 0.15) is 98.7 Å². The van der Waals surface area contributed by atoms with Crippen molar-refractivity contribution >= 4 is 29.8 Å². The number of nitrogens with one attached hydrogen (secondary N) is 2. The number of aromatic hydroxyl groups is 1. The van der Waals surface area contributed by atoms with Crippen molar-refractivity contribution in [2.45, 2.75) is 123 Å². The zero-order valence-corrected chi connectivity index (χ0v) is 29.6. The van der Waals surface area contributed by atoms with Crippen LogP contribution in [0, 0.1) is 0 Å². The summed E-state index contributed by atoms with van der Waals surface area (Å²) in [4.78, 5) is 68.7. The third-order valence-corrected chi connectivity index (χ3v) is 7.45. The van der Waals surface area contributed by atoms with E-state index in [9.17, 15) is 29.1 Å². The molecule has 3 unspecified atom stereocenters. The number of phenols is 1. The average Bonchev–Trinajstić information content (AvgIpc) is 2.96. The molecule has 0 saturated carbocycles. The number of rotatable bonds is 14. The molecule has 0 bridgehead atoms. The SMILES string of the molecule is CCC(C)(C)N(C(=O)C(CCC(N)=O)NC(=O)OC(C)(C)C)C(C(=O)NC(Cc1ccccc1)C(=O)OC(C)(C)C)c1ccccc1O. The van der Waals surface area contributed by atoms with Crippen molar-refractivity contribution in [2.75, 3.05) is 0 Å². The van der Waals surface area contributed by atoms with Gasteiger partial charge in [0.25, 0.3) is 0 Å². The topological polar surface area (TPSA) is 177 Å². The largest absolute Gasteiger partial charge is 0.508 e. The van der Waals surface area contributed by atoms with Gasteiger partial charge in [-0.25, -0.2) is 9.59 Å². The van der Waals surface area contributed by atoms with E-state index < -0.39 is 64.7 Å². The second-order valence-corrected chi connectivity index (χ2v) is 14.3. The first-order valence-electron chi connectivity index (χ1n) is 16.1. The Morgan fingerprint density at radius 2 is 1.38 bits per heavy atom. The van der Waals surface area contributed by atoms with Crippen molar-refractivity contribution in [3.05, 3.63) is 65.7 Å². The van der Waals surface area contributed by atoms with E-state index in [4.69, 9.17) is 15.2 Å². The Bertz CT molecular complexity index is 1430. The maximum Gasteiger partial charge on any atom is 0.408 e. The lowest BCUT2D eigenvalue weighted by molar-refractivity contribution is -0.159. The Labute approximate surface area is 283 Å². The molecule has 0 fully saturated rings. The normalized spacial score (nSPS) is 13.8. The minimum Gasteiger partial charge on any atom is -0.508 e. The minimum atomic E-state index is -1.49. The standard InChI is InChI=1S/C36H52N4O8/c1-10-36(8,9)40(31(44)25(20-21-28(37)42)39-33(46)48-35(5,6)7)29(24-18-14-15-19-27(24)41)30(43)38-26(32(45)47-34(2,3)4)22-23-16-12-11-13-17-23/h11-19,25-26,29,41H,10,20-22H2,1-9H3,(H2,37,42)(H,38,43)(H,39,46). The van der Waals surface area contributed by atoms with Crippen molar-refractivity contribution in [1.82, 2.24) is 15.5 Å². The number of amides is 4. The van der Waals surface area contributed by atoms with Crippen LogP contribution in [-0.2, 0) is 35.1 Å². The molecule has 12 nitrogen and oxygen atoms in total. The molecule has 0 aliphatic carbocycles. The molecule has 12 heteroatoms. The van der Waals surface area contributed by atoms with E-state index in [1.807, 2.05) is 37.3 Å². The zero-order valence-electron chi connectivity index (χ0n) is 29.6. The molecule has 5 N–H and O–H groups in total. The first kappa shape index (κ1) is 39.6. The lowest BCUT2D eigenvalue weighted by atomic mass is 9.91. The molecule has 0 radical (unpaired) electrons. The Morgan fingerprint density at radius 1 is 0.812 bits per heavy atom. The predicted molar refractivity (Wildman–Crippen MR) is 182 cm³/mol. The van der Waals surface area contributed by atoms with Gasteiger partial charge in [0, 0.05) is 23.9 Å². The molecule has 0 saturated heterocycles. The molecule has 0 aliphatic heterocycles. The number of ether oxygens (including phenoxy) is 2. The number of phenolic OH excluding ortho intramolecular Hbond substituents is 1. The second kappa shape index (κ2) is 16.5. The van der Waals surface area contributed by atoms with Crippen molar-refractivity contribution in [3.63, 3.8) is 0 Å². The monoisotopic (exact) mass is 668 g/mol. The molecule has 0 aliphatic rings. The van der Waals surface area contributed by atoms with Crippen molar-refractivity contribution < 1.29 is 38.6 Å². The Hall–Kier alpha value is -4.61. The fourth-order valence-corrected chi connectivity index (χ4v) is 4.89. The number of carbonyl (C=O) groups is 5. The number of carbonyl (C=O) groups excluding carboxylic acids is 5. The Balaban J connectivity index is 2.72. The van der Waals surface area contributed by atoms with Crippen LogP contribution in [0.4, 0.5) is 4.79 Å². The molecule has 2 aromatic carbocycles.